The van der Waals surface area contributed by atoms with Crippen LogP contribution in [0.2, 0.25) is 0 Å². The largest absolute Gasteiger partial charge is 0.325 e. The summed E-state index contributed by atoms with van der Waals surface area (Å²) < 4.78 is 54.7. The number of hydrogen-bond donors (Lipinski definition) is 1. The Balaban J connectivity index is 1.53. The molecular weight excluding hydrogens is 486 g/mol. The van der Waals surface area contributed by atoms with Crippen molar-refractivity contribution < 1.29 is 21.6 Å². The Kier molecular flexibility index (Phi) is 7.25. The molecule has 1 fully saturated rings. The zero-order valence-electron chi connectivity index (χ0n) is 19.3. The predicted octanol–water partition coefficient (Wildman–Crippen LogP) is 3.61. The molecule has 1 heterocycles. The standard InChI is InChI=1S/C25H27N3O5S2/c1-20-9-13-24(14-10-20)35(32,33)28(22-7-3-2-4-8-22)19-25(29)26-21-11-15-23(16-12-21)34(30,31)27-17-5-6-18-27/h2-4,7-16H,5-6,17-19H2,1H3,(H,26,29). The molecule has 0 unspecified atom stereocenters. The maximum absolute atomic E-state index is 13.4. The number of anilines is 2. The summed E-state index contributed by atoms with van der Waals surface area (Å²) in [5, 5.41) is 2.67. The third kappa shape index (κ3) is 5.55. The maximum atomic E-state index is 13.4. The van der Waals surface area contributed by atoms with E-state index in [1.165, 1.54) is 40.7 Å². The van der Waals surface area contributed by atoms with E-state index in [0.29, 0.717) is 24.5 Å². The van der Waals surface area contributed by atoms with Gasteiger partial charge in [-0.3, -0.25) is 9.10 Å². The molecule has 184 valence electrons. The van der Waals surface area contributed by atoms with Crippen molar-refractivity contribution in [1.29, 1.82) is 0 Å². The minimum atomic E-state index is -4.01. The normalized spacial score (nSPS) is 14.5. The van der Waals surface area contributed by atoms with Gasteiger partial charge in [-0.15, -0.1) is 0 Å². The summed E-state index contributed by atoms with van der Waals surface area (Å²) in [5.74, 6) is -0.556. The van der Waals surface area contributed by atoms with E-state index >= 15 is 0 Å². The minimum Gasteiger partial charge on any atom is -0.325 e. The van der Waals surface area contributed by atoms with E-state index in [0.717, 1.165) is 22.7 Å². The van der Waals surface area contributed by atoms with Crippen molar-refractivity contribution in [2.75, 3.05) is 29.3 Å². The van der Waals surface area contributed by atoms with Gasteiger partial charge in [0.25, 0.3) is 10.0 Å². The lowest BCUT2D eigenvalue weighted by molar-refractivity contribution is -0.114. The van der Waals surface area contributed by atoms with Gasteiger partial charge in [-0.1, -0.05) is 35.9 Å². The van der Waals surface area contributed by atoms with Crippen LogP contribution < -0.4 is 9.62 Å². The van der Waals surface area contributed by atoms with Crippen LogP contribution in [0.4, 0.5) is 11.4 Å². The van der Waals surface area contributed by atoms with E-state index in [4.69, 9.17) is 0 Å². The van der Waals surface area contributed by atoms with Crippen LogP contribution in [-0.2, 0) is 24.8 Å². The number of aryl methyl sites for hydroxylation is 1. The number of carbonyl (C=O) groups excluding carboxylic acids is 1. The number of amides is 1. The molecule has 0 saturated carbocycles. The number of hydrogen-bond acceptors (Lipinski definition) is 5. The molecule has 4 rings (SSSR count). The molecule has 1 amide bonds. The van der Waals surface area contributed by atoms with Crippen molar-refractivity contribution >= 4 is 37.3 Å². The summed E-state index contributed by atoms with van der Waals surface area (Å²) in [5.41, 5.74) is 1.65. The topological polar surface area (TPSA) is 104 Å². The van der Waals surface area contributed by atoms with Gasteiger partial charge >= 0.3 is 0 Å². The monoisotopic (exact) mass is 513 g/mol. The fourth-order valence-corrected chi connectivity index (χ4v) is 6.80. The zero-order valence-corrected chi connectivity index (χ0v) is 20.9. The molecule has 0 radical (unpaired) electrons. The van der Waals surface area contributed by atoms with Gasteiger partial charge in [0.15, 0.2) is 0 Å². The molecule has 1 N–H and O–H groups in total. The second-order valence-corrected chi connectivity index (χ2v) is 12.1. The Morgan fingerprint density at radius 3 is 2.00 bits per heavy atom. The second kappa shape index (κ2) is 10.2. The van der Waals surface area contributed by atoms with Gasteiger partial charge in [0.2, 0.25) is 15.9 Å². The summed E-state index contributed by atoms with van der Waals surface area (Å²) in [6, 6.07) is 20.7. The third-order valence-corrected chi connectivity index (χ3v) is 9.48. The predicted molar refractivity (Wildman–Crippen MR) is 135 cm³/mol. The first-order valence-electron chi connectivity index (χ1n) is 11.2. The average molecular weight is 514 g/mol. The molecule has 3 aromatic rings. The van der Waals surface area contributed by atoms with Gasteiger partial charge in [-0.05, 0) is 68.3 Å². The second-order valence-electron chi connectivity index (χ2n) is 8.34. The molecule has 1 aliphatic rings. The Morgan fingerprint density at radius 2 is 1.40 bits per heavy atom. The van der Waals surface area contributed by atoms with Crippen LogP contribution >= 0.6 is 0 Å². The lowest BCUT2D eigenvalue weighted by Crippen LogP contribution is -2.38. The van der Waals surface area contributed by atoms with E-state index in [9.17, 15) is 21.6 Å². The van der Waals surface area contributed by atoms with Gasteiger partial charge in [0, 0.05) is 18.8 Å². The van der Waals surface area contributed by atoms with Gasteiger partial charge in [-0.25, -0.2) is 16.8 Å². The van der Waals surface area contributed by atoms with E-state index in [2.05, 4.69) is 5.32 Å². The first kappa shape index (κ1) is 24.9. The van der Waals surface area contributed by atoms with Crippen molar-refractivity contribution in [2.45, 2.75) is 29.6 Å². The van der Waals surface area contributed by atoms with E-state index in [1.54, 1.807) is 42.5 Å². The van der Waals surface area contributed by atoms with Crippen LogP contribution in [0.15, 0.2) is 88.7 Å². The fraction of sp³-hybridized carbons (Fsp3) is 0.240. The van der Waals surface area contributed by atoms with Crippen molar-refractivity contribution in [2.24, 2.45) is 0 Å². The molecular formula is C25H27N3O5S2. The fourth-order valence-electron chi connectivity index (χ4n) is 3.87. The Morgan fingerprint density at radius 1 is 0.829 bits per heavy atom. The lowest BCUT2D eigenvalue weighted by atomic mass is 10.2. The van der Waals surface area contributed by atoms with Crippen LogP contribution in [0.1, 0.15) is 18.4 Å². The summed E-state index contributed by atoms with van der Waals surface area (Å²) in [7, 11) is -7.57. The number of nitrogens with zero attached hydrogens (tertiary/aromatic N) is 2. The van der Waals surface area contributed by atoms with Crippen molar-refractivity contribution in [3.05, 3.63) is 84.4 Å². The number of nitrogens with one attached hydrogen (secondary N) is 1. The minimum absolute atomic E-state index is 0.0798. The SMILES string of the molecule is Cc1ccc(S(=O)(=O)N(CC(=O)Nc2ccc(S(=O)(=O)N3CCCC3)cc2)c2ccccc2)cc1. The van der Waals surface area contributed by atoms with Gasteiger partial charge in [0.05, 0.1) is 15.5 Å². The Bertz CT molecular complexity index is 1380. The van der Waals surface area contributed by atoms with Gasteiger partial charge < -0.3 is 5.32 Å². The molecule has 1 saturated heterocycles. The van der Waals surface area contributed by atoms with E-state index in [-0.39, 0.29) is 9.79 Å². The summed E-state index contributed by atoms with van der Waals surface area (Å²) in [6.45, 7) is 2.42. The highest BCUT2D eigenvalue weighted by molar-refractivity contribution is 7.92. The van der Waals surface area contributed by atoms with Crippen LogP contribution in [0.3, 0.4) is 0 Å². The average Bonchev–Trinajstić information content (AvgIpc) is 3.40. The number of carbonyl (C=O) groups is 1. The highest BCUT2D eigenvalue weighted by Gasteiger charge is 2.28. The third-order valence-electron chi connectivity index (χ3n) is 5.78. The van der Waals surface area contributed by atoms with Crippen LogP contribution in [0, 0.1) is 6.92 Å². The first-order chi connectivity index (χ1) is 16.7. The molecule has 0 aliphatic carbocycles. The van der Waals surface area contributed by atoms with Crippen LogP contribution in [0.5, 0.6) is 0 Å². The molecule has 1 aliphatic heterocycles. The molecule has 8 nitrogen and oxygen atoms in total. The smallest absolute Gasteiger partial charge is 0.264 e. The summed E-state index contributed by atoms with van der Waals surface area (Å²) >= 11 is 0. The van der Waals surface area contributed by atoms with E-state index < -0.39 is 32.5 Å². The molecule has 0 bridgehead atoms. The molecule has 10 heteroatoms. The summed E-state index contributed by atoms with van der Waals surface area (Å²) in [4.78, 5) is 13.1. The highest BCUT2D eigenvalue weighted by atomic mass is 32.2. The van der Waals surface area contributed by atoms with Gasteiger partial charge in [0.1, 0.15) is 6.54 Å². The zero-order chi connectivity index (χ0) is 25.1. The lowest BCUT2D eigenvalue weighted by Gasteiger charge is -2.24. The highest BCUT2D eigenvalue weighted by Crippen LogP contribution is 2.25. The Hall–Kier alpha value is -3.21. The molecule has 3 aromatic carbocycles. The van der Waals surface area contributed by atoms with E-state index in [1.807, 2.05) is 6.92 Å². The van der Waals surface area contributed by atoms with Gasteiger partial charge in [-0.2, -0.15) is 4.31 Å². The van der Waals surface area contributed by atoms with Crippen molar-refractivity contribution in [3.8, 4) is 0 Å². The maximum Gasteiger partial charge on any atom is 0.264 e. The van der Waals surface area contributed by atoms with Crippen LogP contribution in [0.25, 0.3) is 0 Å². The summed E-state index contributed by atoms with van der Waals surface area (Å²) in [6.07, 6.45) is 1.69. The Labute approximate surface area is 206 Å². The van der Waals surface area contributed by atoms with Crippen molar-refractivity contribution in [1.82, 2.24) is 4.31 Å². The first-order valence-corrected chi connectivity index (χ1v) is 14.1. The number of sulfonamides is 2. The number of rotatable bonds is 8. The quantitative estimate of drug-likeness (QED) is 0.496. The molecule has 35 heavy (non-hydrogen) atoms. The van der Waals surface area contributed by atoms with Crippen molar-refractivity contribution in [3.63, 3.8) is 0 Å². The number of para-hydroxylation sites is 1. The molecule has 0 aromatic heterocycles. The molecule has 0 spiro atoms. The number of benzene rings is 3. The molecule has 0 atom stereocenters. The van der Waals surface area contributed by atoms with Crippen LogP contribution in [-0.4, -0.2) is 46.7 Å².